The lowest BCUT2D eigenvalue weighted by molar-refractivity contribution is -0.115. The van der Waals surface area contributed by atoms with Gasteiger partial charge < -0.3 is 15.6 Å². The van der Waals surface area contributed by atoms with Gasteiger partial charge in [0.05, 0.1) is 6.42 Å². The van der Waals surface area contributed by atoms with E-state index in [1.54, 1.807) is 43.7 Å². The molecule has 4 rings (SSSR count). The van der Waals surface area contributed by atoms with Crippen LogP contribution in [-0.2, 0) is 11.2 Å². The van der Waals surface area contributed by atoms with Crippen molar-refractivity contribution in [3.05, 3.63) is 83.9 Å². The highest BCUT2D eigenvalue weighted by molar-refractivity contribution is 5.97. The van der Waals surface area contributed by atoms with Gasteiger partial charge in [-0.15, -0.1) is 0 Å². The highest BCUT2D eigenvalue weighted by atomic mass is 19.1. The van der Waals surface area contributed by atoms with Gasteiger partial charge in [0.15, 0.2) is 0 Å². The second kappa shape index (κ2) is 8.16. The maximum absolute atomic E-state index is 13.3. The number of anilines is 1. The summed E-state index contributed by atoms with van der Waals surface area (Å²) in [7, 11) is 1.59. The first-order chi connectivity index (χ1) is 14.5. The van der Waals surface area contributed by atoms with Crippen molar-refractivity contribution < 1.29 is 14.0 Å². The van der Waals surface area contributed by atoms with Crippen LogP contribution in [0.1, 0.15) is 15.9 Å². The van der Waals surface area contributed by atoms with Gasteiger partial charge in [-0.1, -0.05) is 18.2 Å². The van der Waals surface area contributed by atoms with Gasteiger partial charge in [-0.05, 0) is 47.5 Å². The molecule has 2 aromatic heterocycles. The monoisotopic (exact) mass is 402 g/mol. The first-order valence-electron chi connectivity index (χ1n) is 9.37. The maximum Gasteiger partial charge on any atom is 0.251 e. The van der Waals surface area contributed by atoms with Crippen LogP contribution in [0.5, 0.6) is 0 Å². The van der Waals surface area contributed by atoms with Gasteiger partial charge in [-0.3, -0.25) is 9.59 Å². The average Bonchev–Trinajstić information content (AvgIpc) is 3.15. The van der Waals surface area contributed by atoms with Gasteiger partial charge in [0.1, 0.15) is 11.5 Å². The van der Waals surface area contributed by atoms with Gasteiger partial charge in [0.25, 0.3) is 5.91 Å². The fourth-order valence-electron chi connectivity index (χ4n) is 3.29. The van der Waals surface area contributed by atoms with Crippen LogP contribution in [0.4, 0.5) is 10.1 Å². The van der Waals surface area contributed by atoms with E-state index in [4.69, 9.17) is 0 Å². The van der Waals surface area contributed by atoms with Gasteiger partial charge in [0, 0.05) is 41.6 Å². The lowest BCUT2D eigenvalue weighted by Gasteiger charge is -2.07. The van der Waals surface area contributed by atoms with Crippen LogP contribution < -0.4 is 10.6 Å². The Balaban J connectivity index is 1.60. The molecule has 30 heavy (non-hydrogen) atoms. The minimum Gasteiger partial charge on any atom is -0.355 e. The SMILES string of the molecule is CNC(=O)c1cccc(-c2cnc3[nH]cc(CC(=O)Nc4cccc(F)c4)c3c2)c1. The van der Waals surface area contributed by atoms with E-state index in [0.29, 0.717) is 16.9 Å². The Morgan fingerprint density at radius 1 is 1.07 bits per heavy atom. The van der Waals surface area contributed by atoms with Gasteiger partial charge >= 0.3 is 0 Å². The summed E-state index contributed by atoms with van der Waals surface area (Å²) in [6.45, 7) is 0. The lowest BCUT2D eigenvalue weighted by atomic mass is 10.0. The van der Waals surface area contributed by atoms with Crippen molar-refractivity contribution in [1.82, 2.24) is 15.3 Å². The third kappa shape index (κ3) is 4.05. The molecule has 4 aromatic rings. The summed E-state index contributed by atoms with van der Waals surface area (Å²) >= 11 is 0. The number of carbonyl (C=O) groups is 2. The number of H-pyrrole nitrogens is 1. The summed E-state index contributed by atoms with van der Waals surface area (Å²) in [5.74, 6) is -0.830. The molecule has 0 saturated heterocycles. The van der Waals surface area contributed by atoms with Crippen molar-refractivity contribution in [3.63, 3.8) is 0 Å². The van der Waals surface area contributed by atoms with E-state index in [2.05, 4.69) is 20.6 Å². The number of benzene rings is 2. The largest absolute Gasteiger partial charge is 0.355 e. The molecule has 0 aliphatic carbocycles. The number of aromatic nitrogens is 2. The summed E-state index contributed by atoms with van der Waals surface area (Å²) in [4.78, 5) is 31.9. The number of aromatic amines is 1. The zero-order chi connectivity index (χ0) is 21.1. The molecule has 0 saturated carbocycles. The molecular weight excluding hydrogens is 383 g/mol. The van der Waals surface area contributed by atoms with Crippen LogP contribution in [0.3, 0.4) is 0 Å². The highest BCUT2D eigenvalue weighted by Gasteiger charge is 2.12. The van der Waals surface area contributed by atoms with E-state index in [1.807, 2.05) is 18.2 Å². The van der Waals surface area contributed by atoms with E-state index < -0.39 is 5.82 Å². The molecule has 6 nitrogen and oxygen atoms in total. The Labute approximate surface area is 172 Å². The van der Waals surface area contributed by atoms with Crippen molar-refractivity contribution in [3.8, 4) is 11.1 Å². The van der Waals surface area contributed by atoms with E-state index in [1.165, 1.54) is 12.1 Å². The molecule has 0 bridgehead atoms. The summed E-state index contributed by atoms with van der Waals surface area (Å²) in [6, 6.07) is 15.0. The van der Waals surface area contributed by atoms with Crippen molar-refractivity contribution >= 4 is 28.5 Å². The van der Waals surface area contributed by atoms with Crippen LogP contribution in [0.15, 0.2) is 67.0 Å². The molecule has 7 heteroatoms. The van der Waals surface area contributed by atoms with Crippen molar-refractivity contribution in [1.29, 1.82) is 0 Å². The summed E-state index contributed by atoms with van der Waals surface area (Å²) in [5.41, 5.74) is 4.08. The number of halogens is 1. The number of nitrogens with zero attached hydrogens (tertiary/aromatic N) is 1. The molecule has 3 N–H and O–H groups in total. The van der Waals surface area contributed by atoms with Crippen molar-refractivity contribution in [2.75, 3.05) is 12.4 Å². The third-order valence-corrected chi connectivity index (χ3v) is 4.76. The first-order valence-corrected chi connectivity index (χ1v) is 9.37. The van der Waals surface area contributed by atoms with Crippen molar-refractivity contribution in [2.24, 2.45) is 0 Å². The number of carbonyl (C=O) groups excluding carboxylic acids is 2. The van der Waals surface area contributed by atoms with Gasteiger partial charge in [-0.2, -0.15) is 0 Å². The number of fused-ring (bicyclic) bond motifs is 1. The van der Waals surface area contributed by atoms with Crippen LogP contribution >= 0.6 is 0 Å². The van der Waals surface area contributed by atoms with E-state index in [0.717, 1.165) is 22.1 Å². The normalized spacial score (nSPS) is 10.7. The smallest absolute Gasteiger partial charge is 0.251 e. The molecule has 0 unspecified atom stereocenters. The maximum atomic E-state index is 13.3. The first kappa shape index (κ1) is 19.3. The average molecular weight is 402 g/mol. The zero-order valence-electron chi connectivity index (χ0n) is 16.2. The fraction of sp³-hybridized carbons (Fsp3) is 0.0870. The Morgan fingerprint density at radius 3 is 2.70 bits per heavy atom. The summed E-state index contributed by atoms with van der Waals surface area (Å²) < 4.78 is 13.3. The molecule has 0 fully saturated rings. The minimum atomic E-state index is -0.410. The Morgan fingerprint density at radius 2 is 1.90 bits per heavy atom. The van der Waals surface area contributed by atoms with Crippen LogP contribution in [0.2, 0.25) is 0 Å². The Kier molecular flexibility index (Phi) is 5.26. The van der Waals surface area contributed by atoms with Crippen LogP contribution in [0.25, 0.3) is 22.2 Å². The molecule has 0 atom stereocenters. The number of pyridine rings is 1. The molecule has 2 amide bonds. The Hall–Kier alpha value is -4.00. The molecule has 150 valence electrons. The lowest BCUT2D eigenvalue weighted by Crippen LogP contribution is -2.17. The van der Waals surface area contributed by atoms with Gasteiger partial charge in [0.2, 0.25) is 5.91 Å². The third-order valence-electron chi connectivity index (χ3n) is 4.76. The molecular formula is C23H19FN4O2. The number of hydrogen-bond acceptors (Lipinski definition) is 3. The zero-order valence-corrected chi connectivity index (χ0v) is 16.2. The standard InChI is InChI=1S/C23H19FN4O2/c1-25-23(30)15-5-2-4-14(8-15)16-9-20-17(13-27-22(20)26-12-16)10-21(29)28-19-7-3-6-18(24)11-19/h2-9,11-13H,10H2,1H3,(H,25,30)(H,26,27)(H,28,29). The summed E-state index contributed by atoms with van der Waals surface area (Å²) in [6.07, 6.45) is 3.58. The number of rotatable bonds is 5. The van der Waals surface area contributed by atoms with E-state index >= 15 is 0 Å². The molecule has 0 aliphatic rings. The number of nitrogens with one attached hydrogen (secondary N) is 3. The van der Waals surface area contributed by atoms with E-state index in [-0.39, 0.29) is 18.2 Å². The van der Waals surface area contributed by atoms with Crippen molar-refractivity contribution in [2.45, 2.75) is 6.42 Å². The molecule has 2 aromatic carbocycles. The molecule has 0 spiro atoms. The number of amides is 2. The fourth-order valence-corrected chi connectivity index (χ4v) is 3.29. The van der Waals surface area contributed by atoms with Crippen LogP contribution in [0, 0.1) is 5.82 Å². The Bertz CT molecular complexity index is 1250. The quantitative estimate of drug-likeness (QED) is 0.473. The molecule has 0 radical (unpaired) electrons. The summed E-state index contributed by atoms with van der Waals surface area (Å²) in [5, 5.41) is 6.13. The topological polar surface area (TPSA) is 86.9 Å². The second-order valence-electron chi connectivity index (χ2n) is 6.83. The van der Waals surface area contributed by atoms with Gasteiger partial charge in [-0.25, -0.2) is 9.37 Å². The minimum absolute atomic E-state index is 0.111. The van der Waals surface area contributed by atoms with E-state index in [9.17, 15) is 14.0 Å². The predicted molar refractivity (Wildman–Crippen MR) is 114 cm³/mol. The van der Waals surface area contributed by atoms with Crippen LogP contribution in [-0.4, -0.2) is 28.8 Å². The number of hydrogen-bond donors (Lipinski definition) is 3. The molecule has 0 aliphatic heterocycles. The second-order valence-corrected chi connectivity index (χ2v) is 6.83. The predicted octanol–water partition coefficient (Wildman–Crippen LogP) is 3.91. The highest BCUT2D eigenvalue weighted by Crippen LogP contribution is 2.26. The molecule has 2 heterocycles.